The van der Waals surface area contributed by atoms with Gasteiger partial charge in [-0.1, -0.05) is 30.3 Å². The summed E-state index contributed by atoms with van der Waals surface area (Å²) in [5, 5.41) is 2.77. The van der Waals surface area contributed by atoms with Crippen molar-refractivity contribution in [3.05, 3.63) is 84.4 Å². The van der Waals surface area contributed by atoms with E-state index in [2.05, 4.69) is 10.0 Å². The molecular weight excluding hydrogens is 392 g/mol. The zero-order chi connectivity index (χ0) is 20.0. The molecule has 0 heterocycles. The number of rotatable bonds is 7. The van der Waals surface area contributed by atoms with Crippen LogP contribution in [0.3, 0.4) is 0 Å². The van der Waals surface area contributed by atoms with Crippen molar-refractivity contribution in [3.8, 4) is 0 Å². The van der Waals surface area contributed by atoms with Crippen LogP contribution in [-0.2, 0) is 14.8 Å². The summed E-state index contributed by atoms with van der Waals surface area (Å²) in [5.74, 6) is 0.126. The molecule has 0 radical (unpaired) electrons. The largest absolute Gasteiger partial charge is 0.325 e. The second kappa shape index (κ2) is 8.95. The Labute approximate surface area is 169 Å². The van der Waals surface area contributed by atoms with Crippen molar-refractivity contribution < 1.29 is 13.2 Å². The maximum atomic E-state index is 12.5. The normalized spacial score (nSPS) is 11.0. The Kier molecular flexibility index (Phi) is 6.38. The molecule has 2 N–H and O–H groups in total. The van der Waals surface area contributed by atoms with Crippen LogP contribution in [0.15, 0.2) is 88.7 Å². The molecule has 0 aliphatic carbocycles. The van der Waals surface area contributed by atoms with Crippen molar-refractivity contribution in [1.29, 1.82) is 0 Å². The van der Waals surface area contributed by atoms with Crippen LogP contribution in [0.1, 0.15) is 5.56 Å². The number of nitrogens with one attached hydrogen (secondary N) is 2. The van der Waals surface area contributed by atoms with Crippen LogP contribution in [-0.4, -0.2) is 20.1 Å². The highest BCUT2D eigenvalue weighted by molar-refractivity contribution is 8.00. The fourth-order valence-electron chi connectivity index (χ4n) is 2.50. The van der Waals surface area contributed by atoms with Gasteiger partial charge >= 0.3 is 0 Å². The molecule has 144 valence electrons. The lowest BCUT2D eigenvalue weighted by atomic mass is 10.2. The Bertz CT molecular complexity index is 1050. The maximum absolute atomic E-state index is 12.5. The molecule has 7 heteroatoms. The lowest BCUT2D eigenvalue weighted by Gasteiger charge is -2.10. The maximum Gasteiger partial charge on any atom is 0.261 e. The van der Waals surface area contributed by atoms with Crippen LogP contribution < -0.4 is 10.0 Å². The number of anilines is 2. The van der Waals surface area contributed by atoms with Gasteiger partial charge in [-0.15, -0.1) is 11.8 Å². The lowest BCUT2D eigenvalue weighted by molar-refractivity contribution is -0.113. The molecule has 0 aromatic heterocycles. The number of carbonyl (C=O) groups is 1. The third-order valence-electron chi connectivity index (χ3n) is 3.83. The fraction of sp³-hybridized carbons (Fsp3) is 0.0952. The molecule has 5 nitrogen and oxygen atoms in total. The van der Waals surface area contributed by atoms with Gasteiger partial charge in [-0.25, -0.2) is 8.42 Å². The molecule has 3 aromatic carbocycles. The van der Waals surface area contributed by atoms with Crippen LogP contribution in [0.25, 0.3) is 0 Å². The van der Waals surface area contributed by atoms with Crippen molar-refractivity contribution in [1.82, 2.24) is 0 Å². The van der Waals surface area contributed by atoms with Gasteiger partial charge in [-0.2, -0.15) is 0 Å². The number of sulfonamides is 1. The number of hydrogen-bond acceptors (Lipinski definition) is 4. The van der Waals surface area contributed by atoms with E-state index in [-0.39, 0.29) is 16.6 Å². The van der Waals surface area contributed by atoms with Crippen molar-refractivity contribution >= 4 is 39.1 Å². The SMILES string of the molecule is Cc1cccc(NS(=O)(=O)c2ccc(NC(=O)CSc3ccccc3)cc2)c1. The first-order valence-electron chi connectivity index (χ1n) is 8.60. The number of hydrogen-bond donors (Lipinski definition) is 2. The summed E-state index contributed by atoms with van der Waals surface area (Å²) < 4.78 is 27.6. The minimum absolute atomic E-state index is 0.130. The summed E-state index contributed by atoms with van der Waals surface area (Å²) in [7, 11) is -3.69. The fourth-order valence-corrected chi connectivity index (χ4v) is 4.27. The molecule has 0 fully saturated rings. The van der Waals surface area contributed by atoms with Gasteiger partial charge in [0, 0.05) is 16.3 Å². The average Bonchev–Trinajstić information content (AvgIpc) is 2.67. The highest BCUT2D eigenvalue weighted by Gasteiger charge is 2.14. The average molecular weight is 413 g/mol. The Morgan fingerprint density at radius 1 is 0.893 bits per heavy atom. The number of carbonyl (C=O) groups excluding carboxylic acids is 1. The van der Waals surface area contributed by atoms with Gasteiger partial charge in [0.1, 0.15) is 0 Å². The van der Waals surface area contributed by atoms with Gasteiger partial charge in [-0.3, -0.25) is 9.52 Å². The molecule has 0 spiro atoms. The van der Waals surface area contributed by atoms with Crippen LogP contribution in [0.5, 0.6) is 0 Å². The van der Waals surface area contributed by atoms with Gasteiger partial charge in [0.05, 0.1) is 10.6 Å². The molecule has 1 amide bonds. The van der Waals surface area contributed by atoms with E-state index in [0.717, 1.165) is 10.5 Å². The van der Waals surface area contributed by atoms with Gasteiger partial charge in [0.15, 0.2) is 0 Å². The molecule has 3 aromatic rings. The van der Waals surface area contributed by atoms with E-state index in [1.807, 2.05) is 43.3 Å². The molecule has 3 rings (SSSR count). The van der Waals surface area contributed by atoms with Crippen molar-refractivity contribution in [2.45, 2.75) is 16.7 Å². The standard InChI is InChI=1S/C21H20N2O3S2/c1-16-6-5-7-18(14-16)23-28(25,26)20-12-10-17(11-13-20)22-21(24)15-27-19-8-3-2-4-9-19/h2-14,23H,15H2,1H3,(H,22,24). The zero-order valence-corrected chi connectivity index (χ0v) is 16.9. The Morgan fingerprint density at radius 2 is 1.61 bits per heavy atom. The van der Waals surface area contributed by atoms with E-state index in [1.54, 1.807) is 30.3 Å². The minimum Gasteiger partial charge on any atom is -0.325 e. The minimum atomic E-state index is -3.69. The lowest BCUT2D eigenvalue weighted by Crippen LogP contribution is -2.15. The van der Waals surface area contributed by atoms with Gasteiger partial charge in [-0.05, 0) is 61.0 Å². The first kappa shape index (κ1) is 20.0. The predicted octanol–water partition coefficient (Wildman–Crippen LogP) is 4.53. The van der Waals surface area contributed by atoms with E-state index in [1.165, 1.54) is 23.9 Å². The Morgan fingerprint density at radius 3 is 2.29 bits per heavy atom. The van der Waals surface area contributed by atoms with Crippen LogP contribution in [0.2, 0.25) is 0 Å². The number of thioether (sulfide) groups is 1. The van der Waals surface area contributed by atoms with E-state index in [0.29, 0.717) is 11.4 Å². The number of benzene rings is 3. The predicted molar refractivity (Wildman–Crippen MR) is 114 cm³/mol. The summed E-state index contributed by atoms with van der Waals surface area (Å²) in [4.78, 5) is 13.2. The van der Waals surface area contributed by atoms with Crippen molar-refractivity contribution in [2.75, 3.05) is 15.8 Å². The monoisotopic (exact) mass is 412 g/mol. The second-order valence-electron chi connectivity index (χ2n) is 6.15. The molecule has 0 unspecified atom stereocenters. The van der Waals surface area contributed by atoms with E-state index in [4.69, 9.17) is 0 Å². The quantitative estimate of drug-likeness (QED) is 0.559. The molecule has 0 saturated heterocycles. The van der Waals surface area contributed by atoms with Crippen molar-refractivity contribution in [3.63, 3.8) is 0 Å². The van der Waals surface area contributed by atoms with Crippen LogP contribution in [0, 0.1) is 6.92 Å². The number of amides is 1. The summed E-state index contributed by atoms with van der Waals surface area (Å²) in [6.07, 6.45) is 0. The highest BCUT2D eigenvalue weighted by atomic mass is 32.2. The highest BCUT2D eigenvalue weighted by Crippen LogP contribution is 2.20. The second-order valence-corrected chi connectivity index (χ2v) is 8.88. The summed E-state index contributed by atoms with van der Waals surface area (Å²) in [6.45, 7) is 1.89. The van der Waals surface area contributed by atoms with Crippen LogP contribution in [0.4, 0.5) is 11.4 Å². The zero-order valence-electron chi connectivity index (χ0n) is 15.3. The van der Waals surface area contributed by atoms with E-state index < -0.39 is 10.0 Å². The molecule has 28 heavy (non-hydrogen) atoms. The molecular formula is C21H20N2O3S2. The van der Waals surface area contributed by atoms with E-state index in [9.17, 15) is 13.2 Å². The molecule has 0 atom stereocenters. The third-order valence-corrected chi connectivity index (χ3v) is 6.24. The molecule has 0 aliphatic rings. The van der Waals surface area contributed by atoms with Gasteiger partial charge < -0.3 is 5.32 Å². The third kappa shape index (κ3) is 5.61. The smallest absolute Gasteiger partial charge is 0.261 e. The summed E-state index contributed by atoms with van der Waals surface area (Å²) in [6, 6.07) is 22.9. The first-order chi connectivity index (χ1) is 13.4. The molecule has 0 saturated carbocycles. The summed E-state index contributed by atoms with van der Waals surface area (Å²) in [5.41, 5.74) is 2.02. The topological polar surface area (TPSA) is 75.3 Å². The Balaban J connectivity index is 1.60. The Hall–Kier alpha value is -2.77. The van der Waals surface area contributed by atoms with Crippen molar-refractivity contribution in [2.24, 2.45) is 0 Å². The van der Waals surface area contributed by atoms with Gasteiger partial charge in [0.2, 0.25) is 5.91 Å². The summed E-state index contributed by atoms with van der Waals surface area (Å²) >= 11 is 1.44. The first-order valence-corrected chi connectivity index (χ1v) is 11.1. The molecule has 0 aliphatic heterocycles. The van der Waals surface area contributed by atoms with Crippen LogP contribution >= 0.6 is 11.8 Å². The molecule has 0 bridgehead atoms. The van der Waals surface area contributed by atoms with Gasteiger partial charge in [0.25, 0.3) is 10.0 Å². The number of aryl methyl sites for hydroxylation is 1. The van der Waals surface area contributed by atoms with E-state index >= 15 is 0 Å².